The van der Waals surface area contributed by atoms with Crippen molar-refractivity contribution in [2.75, 3.05) is 13.3 Å². The summed E-state index contributed by atoms with van der Waals surface area (Å²) in [6, 6.07) is 0. The van der Waals surface area contributed by atoms with Crippen LogP contribution in [-0.4, -0.2) is 25.7 Å². The van der Waals surface area contributed by atoms with E-state index in [0.717, 1.165) is 0 Å². The summed E-state index contributed by atoms with van der Waals surface area (Å²) in [4.78, 5) is 0. The average molecular weight is 176 g/mol. The van der Waals surface area contributed by atoms with E-state index in [1.165, 1.54) is 0 Å². The fourth-order valence-corrected chi connectivity index (χ4v) is 2.39. The Labute approximate surface area is 69.0 Å². The van der Waals surface area contributed by atoms with Gasteiger partial charge in [-0.05, 0) is 5.41 Å². The Hall–Kier alpha value is 0.220. The summed E-state index contributed by atoms with van der Waals surface area (Å²) in [6.45, 7) is 9.14. The first-order valence-corrected chi connectivity index (χ1v) is 6.11. The normalized spacial score (nSPS) is 39.5. The number of hydrogen-bond donors (Lipinski definition) is 0. The third kappa shape index (κ3) is 2.33. The van der Waals surface area contributed by atoms with Gasteiger partial charge in [0.15, 0.2) is 0 Å². The molecule has 1 fully saturated rings. The molecule has 2 unspecified atom stereocenters. The van der Waals surface area contributed by atoms with E-state index >= 15 is 0 Å². The summed E-state index contributed by atoms with van der Waals surface area (Å²) >= 11 is 0. The minimum absolute atomic E-state index is 0.176. The smallest absolute Gasteiger partial charge is 0.115 e. The van der Waals surface area contributed by atoms with Crippen LogP contribution in [-0.2, 0) is 9.05 Å². The molecule has 66 valence electrons. The van der Waals surface area contributed by atoms with Crippen LogP contribution in [0.15, 0.2) is 0 Å². The fraction of sp³-hybridized carbons (Fsp3) is 0.875. The standard InChI is InChI=1S/C8H17O2P/c1-8(2,3)7-6-9-11(4,5)10-7/h7H,4,6H2,1-3,5H3. The molecule has 1 aliphatic rings. The maximum Gasteiger partial charge on any atom is 0.115 e. The lowest BCUT2D eigenvalue weighted by Crippen LogP contribution is -2.27. The quantitative estimate of drug-likeness (QED) is 0.527. The first-order chi connectivity index (χ1) is 4.81. The highest BCUT2D eigenvalue weighted by molar-refractivity contribution is 7.63. The van der Waals surface area contributed by atoms with Crippen LogP contribution in [0.4, 0.5) is 0 Å². The van der Waals surface area contributed by atoms with Crippen molar-refractivity contribution in [2.24, 2.45) is 5.41 Å². The molecule has 0 radical (unpaired) electrons. The first kappa shape index (κ1) is 9.31. The molecule has 11 heavy (non-hydrogen) atoms. The Bertz CT molecular complexity index is 193. The van der Waals surface area contributed by atoms with E-state index in [-0.39, 0.29) is 11.5 Å². The van der Waals surface area contributed by atoms with Crippen LogP contribution in [0.5, 0.6) is 0 Å². The molecule has 0 amide bonds. The Kier molecular flexibility index (Phi) is 2.21. The minimum atomic E-state index is -1.70. The van der Waals surface area contributed by atoms with Crippen LogP contribution in [0, 0.1) is 5.41 Å². The second kappa shape index (κ2) is 2.62. The van der Waals surface area contributed by atoms with Gasteiger partial charge in [0.25, 0.3) is 0 Å². The van der Waals surface area contributed by atoms with Crippen molar-refractivity contribution in [3.05, 3.63) is 0 Å². The zero-order valence-electron chi connectivity index (χ0n) is 7.76. The summed E-state index contributed by atoms with van der Waals surface area (Å²) in [6.07, 6.45) is 4.12. The second-order valence-electron chi connectivity index (χ2n) is 4.27. The van der Waals surface area contributed by atoms with Gasteiger partial charge in [-0.1, -0.05) is 27.1 Å². The lowest BCUT2D eigenvalue weighted by molar-refractivity contribution is 0.111. The van der Waals surface area contributed by atoms with E-state index in [9.17, 15) is 0 Å². The van der Waals surface area contributed by atoms with E-state index in [1.54, 1.807) is 0 Å². The van der Waals surface area contributed by atoms with Crippen molar-refractivity contribution >= 4 is 13.6 Å². The molecule has 2 atom stereocenters. The molecule has 0 aromatic heterocycles. The second-order valence-corrected chi connectivity index (χ2v) is 6.77. The molecule has 1 heterocycles. The number of rotatable bonds is 0. The van der Waals surface area contributed by atoms with Crippen molar-refractivity contribution in [3.63, 3.8) is 0 Å². The highest BCUT2D eigenvalue weighted by Gasteiger charge is 2.34. The minimum Gasteiger partial charge on any atom is -0.335 e. The van der Waals surface area contributed by atoms with Gasteiger partial charge >= 0.3 is 0 Å². The van der Waals surface area contributed by atoms with E-state index in [1.807, 2.05) is 6.66 Å². The molecule has 0 bridgehead atoms. The van der Waals surface area contributed by atoms with Gasteiger partial charge in [0, 0.05) is 6.66 Å². The van der Waals surface area contributed by atoms with Crippen LogP contribution in [0.3, 0.4) is 0 Å². The zero-order chi connectivity index (χ0) is 8.70. The molecule has 1 aliphatic heterocycles. The van der Waals surface area contributed by atoms with Crippen LogP contribution >= 0.6 is 7.34 Å². The van der Waals surface area contributed by atoms with Crippen molar-refractivity contribution in [2.45, 2.75) is 26.9 Å². The lowest BCUT2D eigenvalue weighted by Gasteiger charge is -2.25. The molecule has 0 aromatic carbocycles. The Morgan fingerprint density at radius 3 is 2.18 bits per heavy atom. The molecular weight excluding hydrogens is 159 g/mol. The molecule has 0 spiro atoms. The highest BCUT2D eigenvalue weighted by Crippen LogP contribution is 2.52. The molecule has 0 aromatic rings. The van der Waals surface area contributed by atoms with E-state index in [2.05, 4.69) is 27.1 Å². The maximum absolute atomic E-state index is 5.69. The van der Waals surface area contributed by atoms with Crippen molar-refractivity contribution in [3.8, 4) is 0 Å². The summed E-state index contributed by atoms with van der Waals surface area (Å²) in [5, 5.41) is 0. The van der Waals surface area contributed by atoms with Gasteiger partial charge in [-0.25, -0.2) is 0 Å². The van der Waals surface area contributed by atoms with Gasteiger partial charge in [0.05, 0.1) is 12.7 Å². The van der Waals surface area contributed by atoms with E-state index in [0.29, 0.717) is 6.61 Å². The van der Waals surface area contributed by atoms with E-state index < -0.39 is 7.34 Å². The number of hydrogen-bond acceptors (Lipinski definition) is 2. The van der Waals surface area contributed by atoms with Gasteiger partial charge in [0.1, 0.15) is 7.34 Å². The maximum atomic E-state index is 5.69. The monoisotopic (exact) mass is 176 g/mol. The third-order valence-corrected chi connectivity index (χ3v) is 3.21. The van der Waals surface area contributed by atoms with Crippen molar-refractivity contribution in [1.29, 1.82) is 0 Å². The molecule has 0 aliphatic carbocycles. The zero-order valence-corrected chi connectivity index (χ0v) is 8.65. The largest absolute Gasteiger partial charge is 0.335 e. The Morgan fingerprint density at radius 2 is 2.00 bits per heavy atom. The Morgan fingerprint density at radius 1 is 1.45 bits per heavy atom. The SMILES string of the molecule is C=P1(C)OCC(C(C)(C)C)O1. The van der Waals surface area contributed by atoms with Crippen LogP contribution in [0.1, 0.15) is 20.8 Å². The van der Waals surface area contributed by atoms with Gasteiger partial charge in [-0.15, -0.1) is 0 Å². The average Bonchev–Trinajstić information content (AvgIpc) is 2.07. The first-order valence-electron chi connectivity index (χ1n) is 3.85. The molecule has 1 rings (SSSR count). The summed E-state index contributed by atoms with van der Waals surface area (Å²) in [5.41, 5.74) is 0.176. The Balaban J connectivity index is 2.63. The predicted molar refractivity (Wildman–Crippen MR) is 50.2 cm³/mol. The molecule has 3 heteroatoms. The van der Waals surface area contributed by atoms with Crippen LogP contribution in [0.2, 0.25) is 0 Å². The highest BCUT2D eigenvalue weighted by atomic mass is 31.2. The predicted octanol–water partition coefficient (Wildman–Crippen LogP) is 2.36. The van der Waals surface area contributed by atoms with Gasteiger partial charge in [-0.3, -0.25) is 0 Å². The fourth-order valence-electron chi connectivity index (χ4n) is 0.963. The molecule has 0 N–H and O–H groups in total. The topological polar surface area (TPSA) is 18.5 Å². The van der Waals surface area contributed by atoms with Gasteiger partial charge < -0.3 is 9.05 Å². The van der Waals surface area contributed by atoms with Crippen molar-refractivity contribution in [1.82, 2.24) is 0 Å². The summed E-state index contributed by atoms with van der Waals surface area (Å²) in [5.74, 6) is 0. The van der Waals surface area contributed by atoms with Gasteiger partial charge in [-0.2, -0.15) is 0 Å². The summed E-state index contributed by atoms with van der Waals surface area (Å²) in [7, 11) is -1.70. The van der Waals surface area contributed by atoms with Crippen LogP contribution < -0.4 is 0 Å². The van der Waals surface area contributed by atoms with Gasteiger partial charge in [0.2, 0.25) is 0 Å². The lowest BCUT2D eigenvalue weighted by atomic mass is 9.90. The molecule has 1 saturated heterocycles. The van der Waals surface area contributed by atoms with Crippen molar-refractivity contribution < 1.29 is 9.05 Å². The molecule has 0 saturated carbocycles. The molecule has 2 nitrogen and oxygen atoms in total. The van der Waals surface area contributed by atoms with Crippen LogP contribution in [0.25, 0.3) is 0 Å². The summed E-state index contributed by atoms with van der Waals surface area (Å²) < 4.78 is 11.1. The molecular formula is C8H17O2P. The van der Waals surface area contributed by atoms with E-state index in [4.69, 9.17) is 9.05 Å². The third-order valence-electron chi connectivity index (χ3n) is 1.82.